The molecule has 0 saturated heterocycles. The number of hydrogen-bond acceptors (Lipinski definition) is 6. The smallest absolute Gasteiger partial charge is 0.258 e. The molecule has 0 aliphatic carbocycles. The van der Waals surface area contributed by atoms with E-state index >= 15 is 0 Å². The number of nitro groups is 3. The monoisotopic (exact) mass is 226 g/mol. The minimum Gasteiger partial charge on any atom is -0.258 e. The van der Waals surface area contributed by atoms with Crippen LogP contribution in [-0.4, -0.2) is 14.8 Å². The van der Waals surface area contributed by atoms with Crippen LogP contribution in [0.4, 0.5) is 17.1 Å². The van der Waals surface area contributed by atoms with Crippen molar-refractivity contribution in [1.82, 2.24) is 0 Å². The molecule has 9 nitrogen and oxygen atoms in total. The molecule has 0 bridgehead atoms. The molecule has 1 radical (unpaired) electrons. The highest BCUT2D eigenvalue weighted by molar-refractivity contribution is 5.66. The van der Waals surface area contributed by atoms with Gasteiger partial charge in [0.2, 0.25) is 0 Å². The molecule has 0 spiro atoms. The van der Waals surface area contributed by atoms with Crippen LogP contribution in [0.2, 0.25) is 0 Å². The van der Waals surface area contributed by atoms with Gasteiger partial charge in [-0.25, -0.2) is 0 Å². The molecule has 0 aliphatic rings. The first-order valence-electron chi connectivity index (χ1n) is 3.78. The zero-order chi connectivity index (χ0) is 12.5. The first kappa shape index (κ1) is 11.5. The number of benzene rings is 1. The molecule has 1 aromatic carbocycles. The van der Waals surface area contributed by atoms with Crippen molar-refractivity contribution < 1.29 is 14.8 Å². The summed E-state index contributed by atoms with van der Waals surface area (Å²) in [6.45, 7) is 3.12. The predicted molar refractivity (Wildman–Crippen MR) is 50.9 cm³/mol. The van der Waals surface area contributed by atoms with E-state index in [-0.39, 0.29) is 0 Å². The Balaban J connectivity index is 3.60. The molecule has 0 atom stereocenters. The molecule has 0 unspecified atom stereocenters. The molecule has 16 heavy (non-hydrogen) atoms. The van der Waals surface area contributed by atoms with E-state index in [1.54, 1.807) is 0 Å². The third-order valence-corrected chi connectivity index (χ3v) is 1.81. The lowest BCUT2D eigenvalue weighted by molar-refractivity contribution is -0.424. The Labute approximate surface area is 87.8 Å². The molecule has 0 aliphatic heterocycles. The maximum atomic E-state index is 10.6. The fourth-order valence-electron chi connectivity index (χ4n) is 1.14. The van der Waals surface area contributed by atoms with Gasteiger partial charge in [0.1, 0.15) is 5.56 Å². The van der Waals surface area contributed by atoms with Crippen molar-refractivity contribution in [2.75, 3.05) is 0 Å². The van der Waals surface area contributed by atoms with E-state index < -0.39 is 37.4 Å². The van der Waals surface area contributed by atoms with E-state index in [1.165, 1.54) is 0 Å². The topological polar surface area (TPSA) is 129 Å². The predicted octanol–water partition coefficient (Wildman–Crippen LogP) is 1.59. The van der Waals surface area contributed by atoms with E-state index in [2.05, 4.69) is 6.92 Å². The summed E-state index contributed by atoms with van der Waals surface area (Å²) in [6, 6.07) is 1.53. The van der Waals surface area contributed by atoms with Crippen LogP contribution in [-0.2, 0) is 0 Å². The minimum atomic E-state index is -1.06. The molecule has 1 rings (SSSR count). The van der Waals surface area contributed by atoms with Gasteiger partial charge < -0.3 is 0 Å². The van der Waals surface area contributed by atoms with Crippen LogP contribution in [0.1, 0.15) is 5.56 Å². The highest BCUT2D eigenvalue weighted by atomic mass is 16.6. The van der Waals surface area contributed by atoms with Crippen LogP contribution >= 0.6 is 0 Å². The Bertz CT molecular complexity index is 497. The van der Waals surface area contributed by atoms with E-state index in [1.807, 2.05) is 0 Å². The summed E-state index contributed by atoms with van der Waals surface area (Å²) < 4.78 is 0. The summed E-state index contributed by atoms with van der Waals surface area (Å²) in [4.78, 5) is 28.5. The fourth-order valence-corrected chi connectivity index (χ4v) is 1.14. The third-order valence-electron chi connectivity index (χ3n) is 1.81. The van der Waals surface area contributed by atoms with Crippen molar-refractivity contribution in [2.45, 2.75) is 0 Å². The van der Waals surface area contributed by atoms with Gasteiger partial charge in [-0.3, -0.25) is 30.3 Å². The number of nitro benzene ring substituents is 3. The second-order valence-corrected chi connectivity index (χ2v) is 2.70. The fraction of sp³-hybridized carbons (Fsp3) is 0. The molecule has 0 N–H and O–H groups in total. The highest BCUT2D eigenvalue weighted by Gasteiger charge is 2.32. The minimum absolute atomic E-state index is 0.579. The lowest BCUT2D eigenvalue weighted by Gasteiger charge is -1.99. The van der Waals surface area contributed by atoms with E-state index in [9.17, 15) is 30.3 Å². The van der Waals surface area contributed by atoms with E-state index in [4.69, 9.17) is 0 Å². The summed E-state index contributed by atoms with van der Waals surface area (Å²) in [7, 11) is 0. The summed E-state index contributed by atoms with van der Waals surface area (Å²) in [5.74, 6) is 0. The van der Waals surface area contributed by atoms with Crippen LogP contribution in [0.3, 0.4) is 0 Å². The maximum Gasteiger partial charge on any atom is 0.356 e. The van der Waals surface area contributed by atoms with Crippen LogP contribution in [0.15, 0.2) is 12.1 Å². The molecule has 0 heterocycles. The standard InChI is InChI=1S/C7H4N3O6/c1-4-5(8(11)12)2-3-6(9(13)14)7(4)10(15)16/h2-3H,1H2. The van der Waals surface area contributed by atoms with Crippen molar-refractivity contribution >= 4 is 17.1 Å². The Hall–Kier alpha value is -2.58. The molecule has 83 valence electrons. The van der Waals surface area contributed by atoms with Gasteiger partial charge in [-0.05, 0) is 6.92 Å². The maximum absolute atomic E-state index is 10.6. The SMILES string of the molecule is [CH2]c1c([N+](=O)[O-])ccc([N+](=O)[O-])c1[N+](=O)[O-]. The van der Waals surface area contributed by atoms with Crippen molar-refractivity contribution in [3.05, 3.63) is 55.0 Å². The molecule has 0 aromatic heterocycles. The first-order chi connectivity index (χ1) is 7.36. The van der Waals surface area contributed by atoms with Crippen LogP contribution < -0.4 is 0 Å². The summed E-state index contributed by atoms with van der Waals surface area (Å²) in [5, 5.41) is 31.5. The zero-order valence-electron chi connectivity index (χ0n) is 7.65. The van der Waals surface area contributed by atoms with Gasteiger partial charge in [-0.1, -0.05) is 0 Å². The van der Waals surface area contributed by atoms with Crippen molar-refractivity contribution in [2.24, 2.45) is 0 Å². The van der Waals surface area contributed by atoms with Crippen molar-refractivity contribution in [3.8, 4) is 0 Å². The number of hydrogen-bond donors (Lipinski definition) is 0. The largest absolute Gasteiger partial charge is 0.356 e. The van der Waals surface area contributed by atoms with Crippen LogP contribution in [0.25, 0.3) is 0 Å². The second-order valence-electron chi connectivity index (χ2n) is 2.70. The molecule has 0 amide bonds. The van der Waals surface area contributed by atoms with Gasteiger partial charge >= 0.3 is 11.4 Å². The van der Waals surface area contributed by atoms with Gasteiger partial charge in [-0.15, -0.1) is 0 Å². The summed E-state index contributed by atoms with van der Waals surface area (Å²) >= 11 is 0. The van der Waals surface area contributed by atoms with E-state index in [0.717, 1.165) is 6.07 Å². The molecule has 1 aromatic rings. The van der Waals surface area contributed by atoms with Crippen molar-refractivity contribution in [1.29, 1.82) is 0 Å². The van der Waals surface area contributed by atoms with Gasteiger partial charge in [0.05, 0.1) is 14.8 Å². The van der Waals surface area contributed by atoms with Gasteiger partial charge in [0.15, 0.2) is 0 Å². The Morgan fingerprint density at radius 2 is 1.31 bits per heavy atom. The highest BCUT2D eigenvalue weighted by Crippen LogP contribution is 2.35. The zero-order valence-corrected chi connectivity index (χ0v) is 7.65. The molecular weight excluding hydrogens is 222 g/mol. The third kappa shape index (κ3) is 1.78. The van der Waals surface area contributed by atoms with Crippen LogP contribution in [0.5, 0.6) is 0 Å². The Morgan fingerprint density at radius 1 is 0.875 bits per heavy atom. The van der Waals surface area contributed by atoms with Gasteiger partial charge in [0.25, 0.3) is 5.69 Å². The lowest BCUT2D eigenvalue weighted by atomic mass is 10.1. The molecule has 0 saturated carbocycles. The van der Waals surface area contributed by atoms with Gasteiger partial charge in [-0.2, -0.15) is 0 Å². The average Bonchev–Trinajstić information content (AvgIpc) is 2.15. The Kier molecular flexibility index (Phi) is 2.79. The number of nitrogens with zero attached hydrogens (tertiary/aromatic N) is 3. The molecule has 0 fully saturated rings. The van der Waals surface area contributed by atoms with Crippen molar-refractivity contribution in [3.63, 3.8) is 0 Å². The molecular formula is C7H4N3O6. The van der Waals surface area contributed by atoms with E-state index in [0.29, 0.717) is 6.07 Å². The number of rotatable bonds is 3. The second kappa shape index (κ2) is 3.88. The van der Waals surface area contributed by atoms with Gasteiger partial charge in [0, 0.05) is 12.1 Å². The normalized spacial score (nSPS) is 9.81. The Morgan fingerprint density at radius 3 is 1.69 bits per heavy atom. The quantitative estimate of drug-likeness (QED) is 0.568. The first-order valence-corrected chi connectivity index (χ1v) is 3.78. The van der Waals surface area contributed by atoms with Crippen LogP contribution in [0, 0.1) is 37.3 Å². The summed E-state index contributed by atoms with van der Waals surface area (Å²) in [6.07, 6.45) is 0. The summed E-state index contributed by atoms with van der Waals surface area (Å²) in [5.41, 5.74) is -2.98. The lowest BCUT2D eigenvalue weighted by Crippen LogP contribution is -2.01. The average molecular weight is 226 g/mol. The molecule has 9 heteroatoms.